The first kappa shape index (κ1) is 34.8. The average Bonchev–Trinajstić information content (AvgIpc) is 3.37. The predicted molar refractivity (Wildman–Crippen MR) is 138 cm³/mol. The van der Waals surface area contributed by atoms with E-state index in [9.17, 15) is 58.7 Å². The van der Waals surface area contributed by atoms with Crippen molar-refractivity contribution >= 4 is 23.9 Å². The van der Waals surface area contributed by atoms with Gasteiger partial charge in [0.05, 0.1) is 39.8 Å². The Labute approximate surface area is 258 Å². The van der Waals surface area contributed by atoms with Crippen molar-refractivity contribution in [2.75, 3.05) is 6.61 Å². The zero-order valence-electron chi connectivity index (χ0n) is 23.2. The van der Waals surface area contributed by atoms with Crippen LogP contribution in [0.25, 0.3) is 0 Å². The molecule has 8 nitrogen and oxygen atoms in total. The molecule has 1 heterocycles. The maximum Gasteiger partial charge on any atom is 0.416 e. The average molecular weight is 678 g/mol. The van der Waals surface area contributed by atoms with Crippen LogP contribution in [0.3, 0.4) is 0 Å². The van der Waals surface area contributed by atoms with Crippen LogP contribution in [0.15, 0.2) is 72.8 Å². The van der Waals surface area contributed by atoms with Gasteiger partial charge in [-0.2, -0.15) is 39.5 Å². The normalized spacial score (nSPS) is 17.4. The maximum absolute atomic E-state index is 13.2. The summed E-state index contributed by atoms with van der Waals surface area (Å²) >= 11 is 0. The fourth-order valence-corrected chi connectivity index (χ4v) is 4.30. The van der Waals surface area contributed by atoms with Gasteiger partial charge in [-0.15, -0.1) is 0 Å². The van der Waals surface area contributed by atoms with E-state index in [0.29, 0.717) is 36.4 Å². The lowest BCUT2D eigenvalue weighted by Gasteiger charge is -2.26. The van der Waals surface area contributed by atoms with Crippen molar-refractivity contribution in [1.82, 2.24) is 0 Å². The molecule has 0 spiro atoms. The van der Waals surface area contributed by atoms with Gasteiger partial charge in [0.25, 0.3) is 0 Å². The summed E-state index contributed by atoms with van der Waals surface area (Å²) in [5.41, 5.74) is -5.57. The molecule has 250 valence electrons. The molecule has 0 saturated carbocycles. The molecule has 0 bridgehead atoms. The lowest BCUT2D eigenvalue weighted by atomic mass is 10.1. The summed E-state index contributed by atoms with van der Waals surface area (Å²) in [4.78, 5) is 50.5. The molecule has 0 aliphatic carbocycles. The van der Waals surface area contributed by atoms with Crippen molar-refractivity contribution in [2.45, 2.75) is 43.3 Å². The minimum Gasteiger partial charge on any atom is -0.458 e. The number of ether oxygens (including phenoxy) is 4. The van der Waals surface area contributed by atoms with Crippen molar-refractivity contribution in [3.05, 3.63) is 106 Å². The van der Waals surface area contributed by atoms with Crippen molar-refractivity contribution in [1.29, 1.82) is 0 Å². The minimum absolute atomic E-state index is 0.417. The molecule has 3 atom stereocenters. The van der Waals surface area contributed by atoms with Gasteiger partial charge in [-0.3, -0.25) is 4.79 Å². The Morgan fingerprint density at radius 2 is 1.11 bits per heavy atom. The summed E-state index contributed by atoms with van der Waals surface area (Å²) < 4.78 is 139. The van der Waals surface area contributed by atoms with Crippen LogP contribution >= 0.6 is 0 Å². The summed E-state index contributed by atoms with van der Waals surface area (Å²) in [6.45, 7) is -1.09. The van der Waals surface area contributed by atoms with Crippen molar-refractivity contribution in [3.63, 3.8) is 0 Å². The highest BCUT2D eigenvalue weighted by atomic mass is 19.4. The minimum atomic E-state index is -4.88. The van der Waals surface area contributed by atoms with E-state index < -0.39 is 107 Å². The molecule has 3 aromatic rings. The number of halogens is 9. The Morgan fingerprint density at radius 3 is 1.55 bits per heavy atom. The third-order valence-electron chi connectivity index (χ3n) is 6.54. The highest BCUT2D eigenvalue weighted by Gasteiger charge is 2.46. The van der Waals surface area contributed by atoms with E-state index in [0.717, 1.165) is 36.4 Å². The first-order valence-electron chi connectivity index (χ1n) is 13.1. The number of alkyl halides is 9. The Hall–Kier alpha value is -5.09. The Morgan fingerprint density at radius 1 is 0.681 bits per heavy atom. The monoisotopic (exact) mass is 678 g/mol. The molecule has 0 radical (unpaired) electrons. The van der Waals surface area contributed by atoms with Crippen LogP contribution in [0, 0.1) is 0 Å². The zero-order chi connectivity index (χ0) is 34.7. The number of hydrogen-bond donors (Lipinski definition) is 0. The molecule has 0 aromatic heterocycles. The first-order chi connectivity index (χ1) is 21.8. The number of benzene rings is 3. The number of esters is 4. The smallest absolute Gasteiger partial charge is 0.416 e. The standard InChI is InChI=1S/C30H19F9O8/c31-28(32,33)18-7-1-4-15(10-18)25(41)44-14-22(46-27(43)17-6-3-9-20(12-17)30(37,38)39)24-21(13-23(40)47-24)45-26(42)16-5-2-8-19(11-16)29(34,35)36/h1-12,21-22,24H,13-14H2/t21-,22-,24+/m1/s1. The number of carbonyl (C=O) groups excluding carboxylic acids is 4. The summed E-state index contributed by atoms with van der Waals surface area (Å²) in [5.74, 6) is -5.32. The largest absolute Gasteiger partial charge is 0.458 e. The van der Waals surface area contributed by atoms with Crippen molar-refractivity contribution in [3.8, 4) is 0 Å². The topological polar surface area (TPSA) is 105 Å². The second-order valence-electron chi connectivity index (χ2n) is 9.88. The molecule has 1 aliphatic heterocycles. The molecular weight excluding hydrogens is 659 g/mol. The summed E-state index contributed by atoms with van der Waals surface area (Å²) in [7, 11) is 0. The SMILES string of the molecule is O=C1C[C@@H](OC(=O)c2cccc(C(F)(F)F)c2)[C@@H]([C@@H](COC(=O)c2cccc(C(F)(F)F)c2)OC(=O)c2cccc(C(F)(F)F)c2)O1. The Balaban J connectivity index is 1.61. The van der Waals surface area contributed by atoms with Crippen LogP contribution in [-0.2, 0) is 42.3 Å². The van der Waals surface area contributed by atoms with Gasteiger partial charge in [0.15, 0.2) is 18.3 Å². The van der Waals surface area contributed by atoms with Crippen LogP contribution < -0.4 is 0 Å². The van der Waals surface area contributed by atoms with Gasteiger partial charge in [0.2, 0.25) is 0 Å². The third kappa shape index (κ3) is 8.80. The summed E-state index contributed by atoms with van der Waals surface area (Å²) in [6, 6.07) is 8.81. The molecule has 0 unspecified atom stereocenters. The Bertz CT molecular complexity index is 1660. The van der Waals surface area contributed by atoms with Gasteiger partial charge >= 0.3 is 42.4 Å². The van der Waals surface area contributed by atoms with E-state index in [1.807, 2.05) is 0 Å². The summed E-state index contributed by atoms with van der Waals surface area (Å²) in [6.07, 6.45) is -20.8. The molecule has 1 aliphatic rings. The van der Waals surface area contributed by atoms with E-state index in [4.69, 9.17) is 18.9 Å². The van der Waals surface area contributed by atoms with Crippen LogP contribution in [0.2, 0.25) is 0 Å². The van der Waals surface area contributed by atoms with Gasteiger partial charge in [0, 0.05) is 0 Å². The molecule has 17 heteroatoms. The predicted octanol–water partition coefficient (Wildman–Crippen LogP) is 6.67. The van der Waals surface area contributed by atoms with Crippen LogP contribution in [0.5, 0.6) is 0 Å². The molecular formula is C30H19F9O8. The number of rotatable bonds is 8. The quantitative estimate of drug-likeness (QED) is 0.148. The molecule has 1 fully saturated rings. The molecule has 47 heavy (non-hydrogen) atoms. The number of hydrogen-bond acceptors (Lipinski definition) is 8. The number of cyclic esters (lactones) is 1. The molecule has 3 aromatic carbocycles. The second-order valence-corrected chi connectivity index (χ2v) is 9.88. The van der Waals surface area contributed by atoms with Gasteiger partial charge in [0.1, 0.15) is 6.61 Å². The Kier molecular flexibility index (Phi) is 9.87. The van der Waals surface area contributed by atoms with E-state index in [-0.39, 0.29) is 0 Å². The van der Waals surface area contributed by atoms with Gasteiger partial charge in [-0.05, 0) is 54.6 Å². The second kappa shape index (κ2) is 13.3. The van der Waals surface area contributed by atoms with E-state index in [1.54, 1.807) is 0 Å². The van der Waals surface area contributed by atoms with Crippen molar-refractivity contribution in [2.24, 2.45) is 0 Å². The van der Waals surface area contributed by atoms with Crippen LogP contribution in [0.1, 0.15) is 54.2 Å². The lowest BCUT2D eigenvalue weighted by Crippen LogP contribution is -2.43. The summed E-state index contributed by atoms with van der Waals surface area (Å²) in [5, 5.41) is 0. The van der Waals surface area contributed by atoms with E-state index >= 15 is 0 Å². The fraction of sp³-hybridized carbons (Fsp3) is 0.267. The van der Waals surface area contributed by atoms with Gasteiger partial charge < -0.3 is 18.9 Å². The number of carbonyl (C=O) groups is 4. The zero-order valence-corrected chi connectivity index (χ0v) is 23.2. The first-order valence-corrected chi connectivity index (χ1v) is 13.1. The highest BCUT2D eigenvalue weighted by molar-refractivity contribution is 5.91. The highest BCUT2D eigenvalue weighted by Crippen LogP contribution is 2.33. The molecule has 0 N–H and O–H groups in total. The molecule has 1 saturated heterocycles. The third-order valence-corrected chi connectivity index (χ3v) is 6.54. The van der Waals surface area contributed by atoms with E-state index in [2.05, 4.69) is 0 Å². The lowest BCUT2D eigenvalue weighted by molar-refractivity contribution is -0.148. The van der Waals surface area contributed by atoms with Crippen LogP contribution in [0.4, 0.5) is 39.5 Å². The molecule has 4 rings (SSSR count). The van der Waals surface area contributed by atoms with Gasteiger partial charge in [-0.25, -0.2) is 14.4 Å². The fourth-order valence-electron chi connectivity index (χ4n) is 4.30. The van der Waals surface area contributed by atoms with Crippen molar-refractivity contribution < 1.29 is 77.6 Å². The maximum atomic E-state index is 13.2. The molecule has 0 amide bonds. The van der Waals surface area contributed by atoms with Gasteiger partial charge in [-0.1, -0.05) is 18.2 Å². The van der Waals surface area contributed by atoms with Crippen LogP contribution in [-0.4, -0.2) is 48.8 Å². The van der Waals surface area contributed by atoms with E-state index in [1.165, 1.54) is 0 Å².